The predicted molar refractivity (Wildman–Crippen MR) is 64.9 cm³/mol. The molecule has 0 aromatic carbocycles. The summed E-state index contributed by atoms with van der Waals surface area (Å²) in [5.74, 6) is 0.658. The molecule has 0 saturated carbocycles. The van der Waals surface area contributed by atoms with Crippen LogP contribution in [0.4, 0.5) is 0 Å². The third kappa shape index (κ3) is 3.39. The molecule has 0 aliphatic carbocycles. The number of nitrogens with two attached hydrogens (primary N) is 1. The molecule has 5 nitrogen and oxygen atoms in total. The lowest BCUT2D eigenvalue weighted by molar-refractivity contribution is -0.0264. The van der Waals surface area contributed by atoms with Gasteiger partial charge in [-0.05, 0) is 6.07 Å². The number of nitrogens with zero attached hydrogens (tertiary/aromatic N) is 2. The van der Waals surface area contributed by atoms with Gasteiger partial charge in [-0.25, -0.2) is 4.98 Å². The summed E-state index contributed by atoms with van der Waals surface area (Å²) >= 11 is 0. The normalized spacial score (nSPS) is 21.4. The second-order valence-corrected chi connectivity index (χ2v) is 4.13. The van der Waals surface area contributed by atoms with Crippen LogP contribution in [0.3, 0.4) is 0 Å². The number of pyridine rings is 1. The molecule has 2 N–H and O–H groups in total. The van der Waals surface area contributed by atoms with Crippen molar-refractivity contribution in [3.05, 3.63) is 23.9 Å². The smallest absolute Gasteiger partial charge is 0.213 e. The van der Waals surface area contributed by atoms with Crippen molar-refractivity contribution in [1.29, 1.82) is 0 Å². The Labute approximate surface area is 102 Å². The fourth-order valence-corrected chi connectivity index (χ4v) is 1.96. The van der Waals surface area contributed by atoms with Crippen molar-refractivity contribution < 1.29 is 9.47 Å². The first-order chi connectivity index (χ1) is 8.31. The van der Waals surface area contributed by atoms with Crippen molar-refractivity contribution in [1.82, 2.24) is 9.88 Å². The Balaban J connectivity index is 1.95. The van der Waals surface area contributed by atoms with Crippen molar-refractivity contribution in [2.75, 3.05) is 33.4 Å². The summed E-state index contributed by atoms with van der Waals surface area (Å²) < 4.78 is 10.6. The number of ether oxygens (including phenoxy) is 2. The summed E-state index contributed by atoms with van der Waals surface area (Å²) in [4.78, 5) is 6.71. The molecule has 1 atom stereocenters. The van der Waals surface area contributed by atoms with Crippen LogP contribution < -0.4 is 10.5 Å². The second-order valence-electron chi connectivity index (χ2n) is 4.13. The molecule has 2 rings (SSSR count). The van der Waals surface area contributed by atoms with Gasteiger partial charge in [0.15, 0.2) is 0 Å². The molecule has 1 aliphatic heterocycles. The lowest BCUT2D eigenvalue weighted by Crippen LogP contribution is -2.45. The highest BCUT2D eigenvalue weighted by molar-refractivity contribution is 5.15. The van der Waals surface area contributed by atoms with Crippen LogP contribution in [0.15, 0.2) is 18.2 Å². The van der Waals surface area contributed by atoms with E-state index in [0.29, 0.717) is 12.4 Å². The molecule has 1 aromatic rings. The maximum absolute atomic E-state index is 5.62. The Morgan fingerprint density at radius 3 is 3.24 bits per heavy atom. The van der Waals surface area contributed by atoms with E-state index in [9.17, 15) is 0 Å². The number of hydrogen-bond donors (Lipinski definition) is 1. The van der Waals surface area contributed by atoms with Crippen LogP contribution in [0.1, 0.15) is 5.69 Å². The first-order valence-corrected chi connectivity index (χ1v) is 5.85. The molecule has 94 valence electrons. The van der Waals surface area contributed by atoms with Crippen molar-refractivity contribution in [2.45, 2.75) is 12.6 Å². The topological polar surface area (TPSA) is 60.6 Å². The standard InChI is InChI=1S/C12H19N3O2/c1-16-12-4-2-3-10(14-12)8-15-5-6-17-11(7-13)9-15/h2-4,11H,5-9,13H2,1H3. The fourth-order valence-electron chi connectivity index (χ4n) is 1.96. The van der Waals surface area contributed by atoms with Crippen LogP contribution in [0.2, 0.25) is 0 Å². The predicted octanol–water partition coefficient (Wildman–Crippen LogP) is 0.250. The minimum atomic E-state index is 0.148. The van der Waals surface area contributed by atoms with E-state index < -0.39 is 0 Å². The van der Waals surface area contributed by atoms with E-state index in [2.05, 4.69) is 9.88 Å². The third-order valence-corrected chi connectivity index (χ3v) is 2.86. The average molecular weight is 237 g/mol. The monoisotopic (exact) mass is 237 g/mol. The fraction of sp³-hybridized carbons (Fsp3) is 0.583. The lowest BCUT2D eigenvalue weighted by Gasteiger charge is -2.31. The van der Waals surface area contributed by atoms with E-state index in [1.54, 1.807) is 7.11 Å². The molecule has 2 heterocycles. The van der Waals surface area contributed by atoms with Crippen LogP contribution in [0.5, 0.6) is 5.88 Å². The zero-order valence-corrected chi connectivity index (χ0v) is 10.1. The number of hydrogen-bond acceptors (Lipinski definition) is 5. The molecule has 5 heteroatoms. The molecule has 0 spiro atoms. The average Bonchev–Trinajstić information content (AvgIpc) is 2.39. The molecular formula is C12H19N3O2. The van der Waals surface area contributed by atoms with Gasteiger partial charge in [-0.15, -0.1) is 0 Å². The number of methoxy groups -OCH3 is 1. The van der Waals surface area contributed by atoms with Crippen LogP contribution >= 0.6 is 0 Å². The highest BCUT2D eigenvalue weighted by atomic mass is 16.5. The molecular weight excluding hydrogens is 218 g/mol. The van der Waals surface area contributed by atoms with Crippen molar-refractivity contribution in [3.8, 4) is 5.88 Å². The number of morpholine rings is 1. The SMILES string of the molecule is COc1cccc(CN2CCOC(CN)C2)n1. The van der Waals surface area contributed by atoms with E-state index >= 15 is 0 Å². The second kappa shape index (κ2) is 5.95. The molecule has 1 unspecified atom stereocenters. The molecule has 0 bridgehead atoms. The summed E-state index contributed by atoms with van der Waals surface area (Å²) in [6, 6.07) is 5.82. The van der Waals surface area contributed by atoms with Gasteiger partial charge in [-0.1, -0.05) is 6.07 Å². The Morgan fingerprint density at radius 2 is 2.47 bits per heavy atom. The minimum absolute atomic E-state index is 0.148. The molecule has 0 radical (unpaired) electrons. The number of rotatable bonds is 4. The van der Waals surface area contributed by atoms with Crippen molar-refractivity contribution in [3.63, 3.8) is 0 Å². The van der Waals surface area contributed by atoms with Crippen LogP contribution in [-0.2, 0) is 11.3 Å². The molecule has 1 fully saturated rings. The Hall–Kier alpha value is -1.17. The Kier molecular flexibility index (Phi) is 4.30. The van der Waals surface area contributed by atoms with E-state index in [-0.39, 0.29) is 6.10 Å². The summed E-state index contributed by atoms with van der Waals surface area (Å²) in [5.41, 5.74) is 6.63. The summed E-state index contributed by atoms with van der Waals surface area (Å²) in [5, 5.41) is 0. The Morgan fingerprint density at radius 1 is 1.59 bits per heavy atom. The van der Waals surface area contributed by atoms with Crippen molar-refractivity contribution >= 4 is 0 Å². The summed E-state index contributed by atoms with van der Waals surface area (Å²) in [6.07, 6.45) is 0.148. The zero-order chi connectivity index (χ0) is 12.1. The van der Waals surface area contributed by atoms with E-state index in [4.69, 9.17) is 15.2 Å². The van der Waals surface area contributed by atoms with Crippen LogP contribution in [0.25, 0.3) is 0 Å². The minimum Gasteiger partial charge on any atom is -0.481 e. The van der Waals surface area contributed by atoms with E-state index in [1.165, 1.54) is 0 Å². The highest BCUT2D eigenvalue weighted by Crippen LogP contribution is 2.11. The van der Waals surface area contributed by atoms with E-state index in [0.717, 1.165) is 31.9 Å². The molecule has 0 amide bonds. The molecule has 17 heavy (non-hydrogen) atoms. The maximum atomic E-state index is 5.62. The lowest BCUT2D eigenvalue weighted by atomic mass is 10.2. The van der Waals surface area contributed by atoms with Gasteiger partial charge in [0, 0.05) is 32.2 Å². The summed E-state index contributed by atoms with van der Waals surface area (Å²) in [7, 11) is 1.63. The van der Waals surface area contributed by atoms with E-state index in [1.807, 2.05) is 18.2 Å². The first kappa shape index (κ1) is 12.3. The molecule has 1 aliphatic rings. The zero-order valence-electron chi connectivity index (χ0n) is 10.1. The summed E-state index contributed by atoms with van der Waals surface area (Å²) in [6.45, 7) is 3.93. The molecule has 1 aromatic heterocycles. The van der Waals surface area contributed by atoms with Gasteiger partial charge in [0.05, 0.1) is 25.5 Å². The van der Waals surface area contributed by atoms with Gasteiger partial charge < -0.3 is 15.2 Å². The van der Waals surface area contributed by atoms with Gasteiger partial charge in [0.2, 0.25) is 5.88 Å². The van der Waals surface area contributed by atoms with Crippen molar-refractivity contribution in [2.24, 2.45) is 5.73 Å². The first-order valence-electron chi connectivity index (χ1n) is 5.85. The van der Waals surface area contributed by atoms with Gasteiger partial charge in [-0.3, -0.25) is 4.90 Å². The maximum Gasteiger partial charge on any atom is 0.213 e. The van der Waals surface area contributed by atoms with Crippen LogP contribution in [0, 0.1) is 0 Å². The van der Waals surface area contributed by atoms with Gasteiger partial charge in [-0.2, -0.15) is 0 Å². The van der Waals surface area contributed by atoms with Gasteiger partial charge >= 0.3 is 0 Å². The largest absolute Gasteiger partial charge is 0.481 e. The van der Waals surface area contributed by atoms with Gasteiger partial charge in [0.1, 0.15) is 0 Å². The third-order valence-electron chi connectivity index (χ3n) is 2.86. The Bertz CT molecular complexity index is 359. The quantitative estimate of drug-likeness (QED) is 0.813. The van der Waals surface area contributed by atoms with Gasteiger partial charge in [0.25, 0.3) is 0 Å². The molecule has 1 saturated heterocycles. The highest BCUT2D eigenvalue weighted by Gasteiger charge is 2.19. The van der Waals surface area contributed by atoms with Crippen LogP contribution in [-0.4, -0.2) is 49.3 Å². The number of aromatic nitrogens is 1.